The Morgan fingerprint density at radius 2 is 2.10 bits per heavy atom. The molecule has 1 heterocycles. The van der Waals surface area contributed by atoms with Crippen LogP contribution in [-0.4, -0.2) is 13.2 Å². The van der Waals surface area contributed by atoms with Gasteiger partial charge in [-0.15, -0.1) is 0 Å². The highest BCUT2D eigenvalue weighted by Gasteiger charge is 2.10. The SMILES string of the molecule is C=C/C=C1/COC/C1=C/C. The Morgan fingerprint density at radius 1 is 1.40 bits per heavy atom. The lowest BCUT2D eigenvalue weighted by atomic mass is 10.1. The third kappa shape index (κ3) is 1.36. The highest BCUT2D eigenvalue weighted by atomic mass is 16.5. The summed E-state index contributed by atoms with van der Waals surface area (Å²) >= 11 is 0. The Kier molecular flexibility index (Phi) is 2.46. The van der Waals surface area contributed by atoms with Gasteiger partial charge >= 0.3 is 0 Å². The Labute approximate surface area is 61.7 Å². The molecule has 1 heteroatoms. The Morgan fingerprint density at radius 3 is 2.70 bits per heavy atom. The molecule has 0 bridgehead atoms. The normalized spacial score (nSPS) is 26.1. The van der Waals surface area contributed by atoms with Crippen molar-refractivity contribution >= 4 is 0 Å². The molecular formula is C9H12O. The van der Waals surface area contributed by atoms with Crippen molar-refractivity contribution in [3.63, 3.8) is 0 Å². The van der Waals surface area contributed by atoms with Gasteiger partial charge in [0.2, 0.25) is 0 Å². The van der Waals surface area contributed by atoms with Crippen LogP contribution in [0.3, 0.4) is 0 Å². The van der Waals surface area contributed by atoms with Crippen LogP contribution in [0.4, 0.5) is 0 Å². The molecule has 1 aliphatic rings. The Hall–Kier alpha value is -0.820. The standard InChI is InChI=1S/C9H12O/c1-3-5-9-7-10-6-8(9)4-2/h3-5H,1,6-7H2,2H3/b8-4-,9-5-. The summed E-state index contributed by atoms with van der Waals surface area (Å²) in [4.78, 5) is 0. The monoisotopic (exact) mass is 136 g/mol. The lowest BCUT2D eigenvalue weighted by Crippen LogP contribution is -1.82. The molecule has 0 aliphatic carbocycles. The second-order valence-electron chi connectivity index (χ2n) is 2.23. The van der Waals surface area contributed by atoms with Crippen molar-refractivity contribution < 1.29 is 4.74 Å². The molecule has 0 aromatic rings. The van der Waals surface area contributed by atoms with E-state index in [4.69, 9.17) is 4.74 Å². The van der Waals surface area contributed by atoms with Gasteiger partial charge in [-0.2, -0.15) is 0 Å². The molecule has 1 rings (SSSR count). The summed E-state index contributed by atoms with van der Waals surface area (Å²) in [7, 11) is 0. The van der Waals surface area contributed by atoms with Crippen molar-refractivity contribution in [2.45, 2.75) is 6.92 Å². The third-order valence-corrected chi connectivity index (χ3v) is 1.60. The Bertz CT molecular complexity index is 187. The summed E-state index contributed by atoms with van der Waals surface area (Å²) in [5.74, 6) is 0. The zero-order valence-corrected chi connectivity index (χ0v) is 6.26. The quantitative estimate of drug-likeness (QED) is 0.536. The van der Waals surface area contributed by atoms with Crippen molar-refractivity contribution in [2.75, 3.05) is 13.2 Å². The van der Waals surface area contributed by atoms with E-state index in [9.17, 15) is 0 Å². The van der Waals surface area contributed by atoms with Gasteiger partial charge in [-0.1, -0.05) is 24.8 Å². The average molecular weight is 136 g/mol. The number of hydrogen-bond acceptors (Lipinski definition) is 1. The summed E-state index contributed by atoms with van der Waals surface area (Å²) in [6, 6.07) is 0. The highest BCUT2D eigenvalue weighted by Crippen LogP contribution is 2.17. The fraction of sp³-hybridized carbons (Fsp3) is 0.333. The van der Waals surface area contributed by atoms with Gasteiger partial charge in [-0.3, -0.25) is 0 Å². The van der Waals surface area contributed by atoms with E-state index < -0.39 is 0 Å². The van der Waals surface area contributed by atoms with Crippen LogP contribution in [-0.2, 0) is 4.74 Å². The summed E-state index contributed by atoms with van der Waals surface area (Å²) in [5.41, 5.74) is 2.55. The number of allylic oxidation sites excluding steroid dienone is 3. The van der Waals surface area contributed by atoms with E-state index in [1.165, 1.54) is 11.1 Å². The molecule has 0 N–H and O–H groups in total. The summed E-state index contributed by atoms with van der Waals surface area (Å²) < 4.78 is 5.23. The fourth-order valence-corrected chi connectivity index (χ4v) is 1.02. The minimum absolute atomic E-state index is 0.742. The first-order chi connectivity index (χ1) is 4.88. The van der Waals surface area contributed by atoms with Crippen molar-refractivity contribution in [3.8, 4) is 0 Å². The highest BCUT2D eigenvalue weighted by molar-refractivity contribution is 5.36. The van der Waals surface area contributed by atoms with E-state index >= 15 is 0 Å². The molecule has 1 nitrogen and oxygen atoms in total. The maximum Gasteiger partial charge on any atom is 0.0724 e. The zero-order chi connectivity index (χ0) is 7.40. The van der Waals surface area contributed by atoms with Crippen LogP contribution in [0.1, 0.15) is 6.92 Å². The average Bonchev–Trinajstić information content (AvgIpc) is 2.36. The largest absolute Gasteiger partial charge is 0.372 e. The molecule has 0 spiro atoms. The topological polar surface area (TPSA) is 9.23 Å². The second kappa shape index (κ2) is 3.37. The summed E-state index contributed by atoms with van der Waals surface area (Å²) in [5, 5.41) is 0. The Balaban J connectivity index is 2.77. The minimum Gasteiger partial charge on any atom is -0.372 e. The molecule has 1 aliphatic heterocycles. The molecule has 1 fully saturated rings. The van der Waals surface area contributed by atoms with Gasteiger partial charge in [-0.05, 0) is 18.1 Å². The molecule has 0 aromatic carbocycles. The molecule has 0 atom stereocenters. The molecule has 0 amide bonds. The van der Waals surface area contributed by atoms with Gasteiger partial charge in [0, 0.05) is 0 Å². The summed E-state index contributed by atoms with van der Waals surface area (Å²) in [6.07, 6.45) is 5.89. The fourth-order valence-electron chi connectivity index (χ4n) is 1.02. The second-order valence-corrected chi connectivity index (χ2v) is 2.23. The maximum atomic E-state index is 5.23. The van der Waals surface area contributed by atoms with Crippen LogP contribution in [0.5, 0.6) is 0 Å². The predicted octanol–water partition coefficient (Wildman–Crippen LogP) is 2.08. The molecule has 0 radical (unpaired) electrons. The van der Waals surface area contributed by atoms with Crippen molar-refractivity contribution in [1.82, 2.24) is 0 Å². The molecule has 0 unspecified atom stereocenters. The van der Waals surface area contributed by atoms with Crippen molar-refractivity contribution in [3.05, 3.63) is 36.0 Å². The van der Waals surface area contributed by atoms with Crippen LogP contribution in [0, 0.1) is 0 Å². The number of ether oxygens (including phenoxy) is 1. The molecule has 0 aromatic heterocycles. The van der Waals surface area contributed by atoms with E-state index in [0.717, 1.165) is 13.2 Å². The van der Waals surface area contributed by atoms with Gasteiger partial charge in [0.25, 0.3) is 0 Å². The van der Waals surface area contributed by atoms with Crippen LogP contribution in [0.2, 0.25) is 0 Å². The van der Waals surface area contributed by atoms with Crippen LogP contribution < -0.4 is 0 Å². The lowest BCUT2D eigenvalue weighted by molar-refractivity contribution is 0.215. The minimum atomic E-state index is 0.742. The van der Waals surface area contributed by atoms with Gasteiger partial charge < -0.3 is 4.74 Å². The maximum absolute atomic E-state index is 5.23. The first-order valence-electron chi connectivity index (χ1n) is 3.43. The van der Waals surface area contributed by atoms with E-state index in [0.29, 0.717) is 0 Å². The van der Waals surface area contributed by atoms with E-state index in [1.54, 1.807) is 6.08 Å². The molecular weight excluding hydrogens is 124 g/mol. The van der Waals surface area contributed by atoms with Crippen LogP contribution in [0.25, 0.3) is 0 Å². The molecule has 10 heavy (non-hydrogen) atoms. The van der Waals surface area contributed by atoms with Crippen molar-refractivity contribution in [2.24, 2.45) is 0 Å². The first kappa shape index (κ1) is 7.29. The first-order valence-corrected chi connectivity index (χ1v) is 3.43. The summed E-state index contributed by atoms with van der Waals surface area (Å²) in [6.45, 7) is 7.16. The smallest absolute Gasteiger partial charge is 0.0724 e. The van der Waals surface area contributed by atoms with E-state index in [1.807, 2.05) is 13.0 Å². The van der Waals surface area contributed by atoms with Gasteiger partial charge in [0.05, 0.1) is 13.2 Å². The van der Waals surface area contributed by atoms with Gasteiger partial charge in [0.15, 0.2) is 0 Å². The molecule has 54 valence electrons. The molecule has 1 saturated heterocycles. The number of hydrogen-bond donors (Lipinski definition) is 0. The predicted molar refractivity (Wildman–Crippen MR) is 42.9 cm³/mol. The molecule has 0 saturated carbocycles. The van der Waals surface area contributed by atoms with E-state index in [2.05, 4.69) is 12.7 Å². The van der Waals surface area contributed by atoms with E-state index in [-0.39, 0.29) is 0 Å². The van der Waals surface area contributed by atoms with Crippen LogP contribution in [0.15, 0.2) is 36.0 Å². The zero-order valence-electron chi connectivity index (χ0n) is 6.26. The van der Waals surface area contributed by atoms with Crippen LogP contribution >= 0.6 is 0 Å². The van der Waals surface area contributed by atoms with Gasteiger partial charge in [-0.25, -0.2) is 0 Å². The number of rotatable bonds is 1. The lowest BCUT2D eigenvalue weighted by Gasteiger charge is -1.92. The third-order valence-electron chi connectivity index (χ3n) is 1.60. The van der Waals surface area contributed by atoms with Crippen molar-refractivity contribution in [1.29, 1.82) is 0 Å². The van der Waals surface area contributed by atoms with Gasteiger partial charge in [0.1, 0.15) is 0 Å².